The van der Waals surface area contributed by atoms with E-state index in [0.717, 1.165) is 90.1 Å². The first-order chi connectivity index (χ1) is 17.6. The van der Waals surface area contributed by atoms with E-state index in [1.807, 2.05) is 20.9 Å². The minimum Gasteiger partial charge on any atom is -0.356 e. The summed E-state index contributed by atoms with van der Waals surface area (Å²) in [7, 11) is -1.91. The Kier molecular flexibility index (Phi) is 15.2. The summed E-state index contributed by atoms with van der Waals surface area (Å²) < 4.78 is 28.9. The van der Waals surface area contributed by atoms with Crippen LogP contribution in [0.5, 0.6) is 0 Å². The predicted octanol–water partition coefficient (Wildman–Crippen LogP) is 7.24. The fourth-order valence-corrected chi connectivity index (χ4v) is 6.52. The lowest BCUT2D eigenvalue weighted by Gasteiger charge is -2.35. The van der Waals surface area contributed by atoms with Gasteiger partial charge in [0.05, 0.1) is 24.9 Å². The second kappa shape index (κ2) is 16.9. The molecule has 8 nitrogen and oxygen atoms in total. The van der Waals surface area contributed by atoms with Gasteiger partial charge in [0.25, 0.3) is 0 Å². The highest BCUT2D eigenvalue weighted by Gasteiger charge is 2.51. The minimum absolute atomic E-state index is 0.189. The Morgan fingerprint density at radius 3 is 1.92 bits per heavy atom. The van der Waals surface area contributed by atoms with Crippen molar-refractivity contribution in [3.05, 3.63) is 0 Å². The molecule has 1 radical (unpaired) electrons. The summed E-state index contributed by atoms with van der Waals surface area (Å²) >= 11 is 0. The topological polar surface area (TPSA) is 91.4 Å². The van der Waals surface area contributed by atoms with Crippen LogP contribution in [0, 0.1) is 0 Å². The van der Waals surface area contributed by atoms with Gasteiger partial charge >= 0.3 is 7.82 Å². The maximum Gasteiger partial charge on any atom is 0.472 e. The molecular formula is C28H56N2O6P. The summed E-state index contributed by atoms with van der Waals surface area (Å²) in [6.07, 6.45) is 17.5. The molecule has 0 aromatic rings. The van der Waals surface area contributed by atoms with Gasteiger partial charge in [0.1, 0.15) is 5.72 Å². The highest BCUT2D eigenvalue weighted by Crippen LogP contribution is 2.46. The van der Waals surface area contributed by atoms with Crippen molar-refractivity contribution in [1.29, 1.82) is 0 Å². The molecule has 2 rings (SSSR count). The van der Waals surface area contributed by atoms with Crippen molar-refractivity contribution in [3.63, 3.8) is 0 Å². The minimum atomic E-state index is -3.96. The quantitative estimate of drug-likeness (QED) is 0.127. The van der Waals surface area contributed by atoms with Crippen molar-refractivity contribution in [2.24, 2.45) is 0 Å². The van der Waals surface area contributed by atoms with E-state index in [2.05, 4.69) is 11.8 Å². The molecule has 2 saturated heterocycles. The zero-order valence-corrected chi connectivity index (χ0v) is 25.2. The molecule has 0 aliphatic carbocycles. The maximum absolute atomic E-state index is 13.1. The molecule has 1 N–H and O–H groups in total. The molecule has 219 valence electrons. The lowest BCUT2D eigenvalue weighted by Crippen LogP contribution is -2.49. The van der Waals surface area contributed by atoms with E-state index < -0.39 is 19.1 Å². The molecular weight excluding hydrogens is 491 g/mol. The van der Waals surface area contributed by atoms with Crippen LogP contribution < -0.4 is 0 Å². The molecule has 0 aromatic heterocycles. The summed E-state index contributed by atoms with van der Waals surface area (Å²) in [6.45, 7) is 8.74. The largest absolute Gasteiger partial charge is 0.472 e. The molecule has 37 heavy (non-hydrogen) atoms. The van der Waals surface area contributed by atoms with Gasteiger partial charge in [-0.1, -0.05) is 71.1 Å². The molecule has 2 aliphatic rings. The van der Waals surface area contributed by atoms with Gasteiger partial charge in [0.2, 0.25) is 0 Å². The number of hydrogen-bond acceptors (Lipinski definition) is 6. The average Bonchev–Trinajstić information content (AvgIpc) is 3.08. The van der Waals surface area contributed by atoms with Crippen LogP contribution in [0.4, 0.5) is 0 Å². The fourth-order valence-electron chi connectivity index (χ4n) is 5.51. The van der Waals surface area contributed by atoms with Crippen molar-refractivity contribution in [3.8, 4) is 0 Å². The van der Waals surface area contributed by atoms with Gasteiger partial charge in [-0.25, -0.2) is 4.57 Å². The molecule has 2 fully saturated rings. The fraction of sp³-hybridized carbons (Fsp3) is 1.00. The van der Waals surface area contributed by atoms with E-state index in [0.29, 0.717) is 6.61 Å². The van der Waals surface area contributed by atoms with Crippen LogP contribution in [-0.4, -0.2) is 65.6 Å². The third kappa shape index (κ3) is 12.3. The lowest BCUT2D eigenvalue weighted by molar-refractivity contribution is -0.296. The number of phosphoric acid groups is 1. The van der Waals surface area contributed by atoms with Crippen molar-refractivity contribution < 1.29 is 28.5 Å². The van der Waals surface area contributed by atoms with Crippen LogP contribution >= 0.6 is 7.82 Å². The smallest absolute Gasteiger partial charge is 0.356 e. The maximum atomic E-state index is 13.1. The van der Waals surface area contributed by atoms with Gasteiger partial charge < -0.3 is 14.5 Å². The summed E-state index contributed by atoms with van der Waals surface area (Å²) in [4.78, 5) is 12.2. The number of unbranched alkanes of at least 4 members (excludes halogenated alkanes) is 11. The number of hydrogen-bond donors (Lipinski definition) is 1. The number of nitrogens with zero attached hydrogens (tertiary/aromatic N) is 2. The first kappa shape index (κ1) is 33.2. The number of ether oxygens (including phenoxy) is 1. The summed E-state index contributed by atoms with van der Waals surface area (Å²) in [5.41, 5.74) is -1.08. The monoisotopic (exact) mass is 547 g/mol. The second-order valence-electron chi connectivity index (χ2n) is 12.0. The average molecular weight is 548 g/mol. The van der Waals surface area contributed by atoms with Crippen molar-refractivity contribution in [1.82, 2.24) is 9.96 Å². The first-order valence-corrected chi connectivity index (χ1v) is 16.6. The van der Waals surface area contributed by atoms with E-state index in [4.69, 9.17) is 13.8 Å². The Balaban J connectivity index is 1.54. The van der Waals surface area contributed by atoms with Crippen molar-refractivity contribution >= 4 is 7.82 Å². The van der Waals surface area contributed by atoms with Gasteiger partial charge in [-0.15, -0.1) is 10.3 Å². The molecule has 2 aliphatic heterocycles. The number of likely N-dealkylation sites (tertiary alicyclic amines) is 1. The van der Waals surface area contributed by atoms with E-state index >= 15 is 0 Å². The van der Waals surface area contributed by atoms with Crippen molar-refractivity contribution in [2.75, 3.05) is 33.4 Å². The molecule has 0 saturated carbocycles. The molecule has 2 atom stereocenters. The zero-order chi connectivity index (χ0) is 27.2. The van der Waals surface area contributed by atoms with Crippen LogP contribution in [0.3, 0.4) is 0 Å². The van der Waals surface area contributed by atoms with Crippen LogP contribution in [0.1, 0.15) is 130 Å². The molecule has 2 unspecified atom stereocenters. The predicted molar refractivity (Wildman–Crippen MR) is 148 cm³/mol. The van der Waals surface area contributed by atoms with Gasteiger partial charge in [-0.2, -0.15) is 0 Å². The van der Waals surface area contributed by atoms with Crippen LogP contribution in [0.2, 0.25) is 0 Å². The Morgan fingerprint density at radius 2 is 1.41 bits per heavy atom. The molecule has 0 aromatic carbocycles. The Bertz CT molecular complexity index is 659. The highest BCUT2D eigenvalue weighted by atomic mass is 31.2. The molecule has 2 heterocycles. The van der Waals surface area contributed by atoms with E-state index in [-0.39, 0.29) is 12.7 Å². The van der Waals surface area contributed by atoms with Crippen LogP contribution in [0.25, 0.3) is 0 Å². The Morgan fingerprint density at radius 1 is 0.892 bits per heavy atom. The summed E-state index contributed by atoms with van der Waals surface area (Å²) in [5.74, 6) is 0. The SMILES string of the molecule is CCCCCCCCC1(CCCCCCCCCOP(=O)(O)OC2CCN(C)CC2)OCC(C)(C)N1[O]. The first-order valence-electron chi connectivity index (χ1n) is 15.1. The Hall–Kier alpha value is -0.0500. The summed E-state index contributed by atoms with van der Waals surface area (Å²) in [5, 5.41) is 14.4. The van der Waals surface area contributed by atoms with E-state index in [1.165, 1.54) is 37.2 Å². The lowest BCUT2D eigenvalue weighted by atomic mass is 9.95. The van der Waals surface area contributed by atoms with Gasteiger partial charge in [-0.05, 0) is 65.8 Å². The number of piperidine rings is 1. The molecule has 9 heteroatoms. The van der Waals surface area contributed by atoms with Gasteiger partial charge in [0.15, 0.2) is 0 Å². The van der Waals surface area contributed by atoms with Crippen LogP contribution in [0.15, 0.2) is 0 Å². The highest BCUT2D eigenvalue weighted by molar-refractivity contribution is 7.47. The van der Waals surface area contributed by atoms with Crippen molar-refractivity contribution in [2.45, 2.75) is 147 Å². The number of phosphoric ester groups is 1. The standard InChI is InChI=1S/C28H56N2O6P/c1-5-6-7-8-12-15-20-28(30(31)27(2,3)25-34-28)21-16-13-10-9-11-14-17-24-35-37(32,33)36-26-18-22-29(4)23-19-26/h26H,5-25H2,1-4H3,(H,32,33). The molecule has 0 spiro atoms. The molecule has 0 amide bonds. The molecule has 0 bridgehead atoms. The van der Waals surface area contributed by atoms with Crippen LogP contribution in [-0.2, 0) is 23.6 Å². The summed E-state index contributed by atoms with van der Waals surface area (Å²) in [6, 6.07) is 0. The normalized spacial score (nSPS) is 25.0. The Labute approximate surface area is 227 Å². The van der Waals surface area contributed by atoms with E-state index in [1.54, 1.807) is 0 Å². The second-order valence-corrected chi connectivity index (χ2v) is 13.4. The third-order valence-electron chi connectivity index (χ3n) is 7.95. The third-order valence-corrected chi connectivity index (χ3v) is 9.02. The van der Waals surface area contributed by atoms with Gasteiger partial charge in [-0.3, -0.25) is 9.05 Å². The number of rotatable bonds is 20. The van der Waals surface area contributed by atoms with E-state index in [9.17, 15) is 14.7 Å². The number of hydroxylamine groups is 2. The zero-order valence-electron chi connectivity index (χ0n) is 24.3. The van der Waals surface area contributed by atoms with Gasteiger partial charge in [0, 0.05) is 13.1 Å².